The van der Waals surface area contributed by atoms with Crippen molar-refractivity contribution in [2.45, 2.75) is 50.2 Å². The lowest BCUT2D eigenvalue weighted by molar-refractivity contribution is -0.140. The fourth-order valence-electron chi connectivity index (χ4n) is 5.27. The van der Waals surface area contributed by atoms with E-state index in [1.54, 1.807) is 54.6 Å². The topological polar surface area (TPSA) is 105 Å². The van der Waals surface area contributed by atoms with Crippen molar-refractivity contribution in [2.24, 2.45) is 0 Å². The van der Waals surface area contributed by atoms with Gasteiger partial charge in [-0.25, -0.2) is 8.42 Å². The first-order chi connectivity index (χ1) is 22.4. The number of ether oxygens (including phenoxy) is 2. The van der Waals surface area contributed by atoms with Crippen molar-refractivity contribution in [1.29, 1.82) is 0 Å². The summed E-state index contributed by atoms with van der Waals surface area (Å²) in [5.74, 6) is -0.0950. The maximum Gasteiger partial charge on any atom is 0.264 e. The summed E-state index contributed by atoms with van der Waals surface area (Å²) in [5, 5.41) is 3.50. The molecule has 0 bridgehead atoms. The molecule has 1 N–H and O–H groups in total. The molecule has 0 aromatic heterocycles. The van der Waals surface area contributed by atoms with E-state index < -0.39 is 34.1 Å². The summed E-state index contributed by atoms with van der Waals surface area (Å²) in [4.78, 5) is 30.1. The summed E-state index contributed by atoms with van der Waals surface area (Å²) in [6, 6.07) is 28.1. The number of rotatable bonds is 11. The Morgan fingerprint density at radius 3 is 2.13 bits per heavy atom. The summed E-state index contributed by atoms with van der Waals surface area (Å²) in [6.07, 6.45) is 0.199. The van der Waals surface area contributed by atoms with Crippen LogP contribution in [0.25, 0.3) is 0 Å². The summed E-state index contributed by atoms with van der Waals surface area (Å²) < 4.78 is 40.9. The van der Waals surface area contributed by atoms with Crippen molar-refractivity contribution in [3.63, 3.8) is 0 Å². The predicted octanol–water partition coefficient (Wildman–Crippen LogP) is 5.86. The van der Waals surface area contributed by atoms with Crippen molar-refractivity contribution in [2.75, 3.05) is 24.1 Å². The molecule has 1 atom stereocenters. The number of hydrogen-bond acceptors (Lipinski definition) is 6. The second kappa shape index (κ2) is 14.5. The highest BCUT2D eigenvalue weighted by Gasteiger charge is 2.36. The average molecular weight is 676 g/mol. The van der Waals surface area contributed by atoms with E-state index >= 15 is 0 Å². The normalized spacial score (nSPS) is 13.4. The van der Waals surface area contributed by atoms with Crippen molar-refractivity contribution in [3.8, 4) is 11.5 Å². The number of nitrogens with one attached hydrogen (secondary N) is 1. The molecule has 0 saturated heterocycles. The summed E-state index contributed by atoms with van der Waals surface area (Å²) in [7, 11) is -4.25. The number of amides is 2. The quantitative estimate of drug-likeness (QED) is 0.214. The van der Waals surface area contributed by atoms with Gasteiger partial charge in [0.05, 0.1) is 10.6 Å². The van der Waals surface area contributed by atoms with Crippen LogP contribution in [0.4, 0.5) is 5.69 Å². The average Bonchev–Trinajstić information content (AvgIpc) is 3.05. The maximum atomic E-state index is 14.6. The molecule has 11 heteroatoms. The lowest BCUT2D eigenvalue weighted by Crippen LogP contribution is -2.56. The highest BCUT2D eigenvalue weighted by molar-refractivity contribution is 7.92. The van der Waals surface area contributed by atoms with Gasteiger partial charge in [0.2, 0.25) is 11.8 Å². The molecule has 0 spiro atoms. The van der Waals surface area contributed by atoms with Crippen molar-refractivity contribution in [3.05, 3.63) is 119 Å². The molecular weight excluding hydrogens is 638 g/mol. The molecule has 0 unspecified atom stereocenters. The number of hydrogen-bond donors (Lipinski definition) is 1. The third kappa shape index (κ3) is 8.64. The van der Waals surface area contributed by atoms with Gasteiger partial charge in [0.1, 0.15) is 25.8 Å². The third-order valence-corrected chi connectivity index (χ3v) is 9.46. The number of carbonyl (C=O) groups excluding carboxylic acids is 2. The fourth-order valence-corrected chi connectivity index (χ4v) is 6.91. The van der Waals surface area contributed by atoms with Gasteiger partial charge in [-0.2, -0.15) is 0 Å². The van der Waals surface area contributed by atoms with Crippen LogP contribution in [0.2, 0.25) is 5.02 Å². The van der Waals surface area contributed by atoms with Crippen molar-refractivity contribution in [1.82, 2.24) is 10.2 Å². The third-order valence-electron chi connectivity index (χ3n) is 7.44. The van der Waals surface area contributed by atoms with Crippen LogP contribution in [-0.4, -0.2) is 56.5 Å². The standard InChI is InChI=1S/C36H38ClN3O6S/c1-36(2,3)38-35(42)31(22-26-11-6-4-7-12-26)39(24-27-13-10-14-28(37)21-27)34(41)25-40(47(43,44)30-15-8-5-9-16-30)29-17-18-32-33(23-29)46-20-19-45-32/h4-18,21,23,31H,19-20,22,24-25H2,1-3H3,(H,38,42)/t31-/m0/s1. The molecule has 5 rings (SSSR count). The number of carbonyl (C=O) groups is 2. The van der Waals surface area contributed by atoms with Crippen LogP contribution in [0.1, 0.15) is 31.9 Å². The lowest BCUT2D eigenvalue weighted by Gasteiger charge is -2.35. The van der Waals surface area contributed by atoms with Gasteiger partial charge in [-0.3, -0.25) is 13.9 Å². The van der Waals surface area contributed by atoms with E-state index in [1.807, 2.05) is 57.2 Å². The first-order valence-electron chi connectivity index (χ1n) is 15.3. The first-order valence-corrected chi connectivity index (χ1v) is 17.1. The molecule has 246 valence electrons. The molecule has 2 amide bonds. The van der Waals surface area contributed by atoms with Crippen LogP contribution >= 0.6 is 11.6 Å². The van der Waals surface area contributed by atoms with Gasteiger partial charge < -0.3 is 19.7 Å². The number of fused-ring (bicyclic) bond motifs is 1. The summed E-state index contributed by atoms with van der Waals surface area (Å²) in [5.41, 5.74) is 1.15. The van der Waals surface area contributed by atoms with E-state index in [0.717, 1.165) is 9.87 Å². The van der Waals surface area contributed by atoms with Crippen LogP contribution in [0.15, 0.2) is 108 Å². The molecule has 9 nitrogen and oxygen atoms in total. The molecule has 0 fully saturated rings. The van der Waals surface area contributed by atoms with Crippen LogP contribution in [-0.2, 0) is 32.6 Å². The lowest BCUT2D eigenvalue weighted by atomic mass is 10.0. The van der Waals surface area contributed by atoms with E-state index in [1.165, 1.54) is 17.0 Å². The van der Waals surface area contributed by atoms with E-state index in [-0.39, 0.29) is 29.5 Å². The smallest absolute Gasteiger partial charge is 0.264 e. The van der Waals surface area contributed by atoms with Crippen LogP contribution in [0.5, 0.6) is 11.5 Å². The zero-order valence-electron chi connectivity index (χ0n) is 26.6. The molecule has 4 aromatic carbocycles. The Labute approximate surface area is 281 Å². The van der Waals surface area contributed by atoms with Gasteiger partial charge in [0.25, 0.3) is 10.0 Å². The monoisotopic (exact) mass is 675 g/mol. The summed E-state index contributed by atoms with van der Waals surface area (Å²) >= 11 is 6.32. The number of anilines is 1. The van der Waals surface area contributed by atoms with Crippen molar-refractivity contribution >= 4 is 39.1 Å². The number of sulfonamides is 1. The van der Waals surface area contributed by atoms with Crippen LogP contribution < -0.4 is 19.1 Å². The van der Waals surface area contributed by atoms with Gasteiger partial charge in [-0.15, -0.1) is 0 Å². The molecule has 0 aliphatic carbocycles. The molecule has 0 saturated carbocycles. The summed E-state index contributed by atoms with van der Waals surface area (Å²) in [6.45, 7) is 5.68. The van der Waals surface area contributed by atoms with E-state index in [4.69, 9.17) is 21.1 Å². The molecular formula is C36H38ClN3O6S. The molecule has 1 aliphatic heterocycles. The largest absolute Gasteiger partial charge is 0.486 e. The minimum absolute atomic E-state index is 0.00875. The number of halogens is 1. The zero-order chi connectivity index (χ0) is 33.6. The minimum atomic E-state index is -4.25. The van der Waals surface area contributed by atoms with Gasteiger partial charge in [-0.1, -0.05) is 72.3 Å². The number of nitrogens with zero attached hydrogens (tertiary/aromatic N) is 2. The Morgan fingerprint density at radius 2 is 1.47 bits per heavy atom. The maximum absolute atomic E-state index is 14.6. The van der Waals surface area contributed by atoms with E-state index in [2.05, 4.69) is 5.32 Å². The zero-order valence-corrected chi connectivity index (χ0v) is 28.1. The second-order valence-corrected chi connectivity index (χ2v) is 14.5. The highest BCUT2D eigenvalue weighted by atomic mass is 35.5. The van der Waals surface area contributed by atoms with Gasteiger partial charge in [0.15, 0.2) is 11.5 Å². The minimum Gasteiger partial charge on any atom is -0.486 e. The Balaban J connectivity index is 1.60. The van der Waals surface area contributed by atoms with Crippen LogP contribution in [0, 0.1) is 0 Å². The van der Waals surface area contributed by atoms with Crippen molar-refractivity contribution < 1.29 is 27.5 Å². The number of benzene rings is 4. The fraction of sp³-hybridized carbons (Fsp3) is 0.278. The second-order valence-electron chi connectivity index (χ2n) is 12.2. The SMILES string of the molecule is CC(C)(C)NC(=O)[C@H](Cc1ccccc1)N(Cc1cccc(Cl)c1)C(=O)CN(c1ccc2c(c1)OCCO2)S(=O)(=O)c1ccccc1. The Bertz CT molecular complexity index is 1810. The van der Waals surface area contributed by atoms with Gasteiger partial charge in [0, 0.05) is 29.6 Å². The highest BCUT2D eigenvalue weighted by Crippen LogP contribution is 2.36. The van der Waals surface area contributed by atoms with Gasteiger partial charge in [-0.05, 0) is 68.3 Å². The Kier molecular flexibility index (Phi) is 10.4. The van der Waals surface area contributed by atoms with E-state index in [0.29, 0.717) is 35.3 Å². The first kappa shape index (κ1) is 33.8. The van der Waals surface area contributed by atoms with E-state index in [9.17, 15) is 18.0 Å². The molecule has 1 heterocycles. The van der Waals surface area contributed by atoms with Gasteiger partial charge >= 0.3 is 0 Å². The molecule has 4 aromatic rings. The molecule has 47 heavy (non-hydrogen) atoms. The Morgan fingerprint density at radius 1 is 0.830 bits per heavy atom. The Hall–Kier alpha value is -4.54. The molecule has 1 aliphatic rings. The predicted molar refractivity (Wildman–Crippen MR) is 182 cm³/mol. The molecule has 0 radical (unpaired) electrons. The van der Waals surface area contributed by atoms with Crippen LogP contribution in [0.3, 0.4) is 0 Å².